The summed E-state index contributed by atoms with van der Waals surface area (Å²) in [5.41, 5.74) is 10.0. The van der Waals surface area contributed by atoms with Crippen LogP contribution in [0, 0.1) is 10.1 Å². The summed E-state index contributed by atoms with van der Waals surface area (Å²) in [6, 6.07) is 0. The molecule has 6 heteroatoms. The van der Waals surface area contributed by atoms with Crippen LogP contribution in [0.4, 0.5) is 0 Å². The number of hydrogen-bond donors (Lipinski definition) is 2. The third kappa shape index (κ3) is 3.68. The zero-order chi connectivity index (χ0) is 7.28. The molecule has 9 heavy (non-hydrogen) atoms. The first-order valence-electron chi connectivity index (χ1n) is 2.42. The highest BCUT2D eigenvalue weighted by Gasteiger charge is 2.06. The molecule has 0 unspecified atom stereocenters. The molecule has 6 nitrogen and oxygen atoms in total. The van der Waals surface area contributed by atoms with E-state index in [-0.39, 0.29) is 13.1 Å². The predicted octanol–water partition coefficient (Wildman–Crippen LogP) is -1.52. The molecule has 0 aliphatic carbocycles. The van der Waals surface area contributed by atoms with Crippen LogP contribution in [-0.4, -0.2) is 24.3 Å². The minimum Gasteiger partial charge on any atom is -0.328 e. The van der Waals surface area contributed by atoms with Crippen LogP contribution in [0.3, 0.4) is 0 Å². The number of rotatable bonds is 4. The lowest BCUT2D eigenvalue weighted by Crippen LogP contribution is -2.33. The SMILES string of the molecule is NCC(CN)O[N+](=O)[O-]. The Bertz CT molecular complexity index is 92.3. The van der Waals surface area contributed by atoms with Crippen molar-refractivity contribution >= 4 is 0 Å². The molecule has 0 spiro atoms. The lowest BCUT2D eigenvalue weighted by Gasteiger charge is -2.07. The van der Waals surface area contributed by atoms with Gasteiger partial charge in [0.2, 0.25) is 0 Å². The summed E-state index contributed by atoms with van der Waals surface area (Å²) < 4.78 is 0. The normalized spacial score (nSPS) is 9.67. The molecular weight excluding hydrogens is 126 g/mol. The monoisotopic (exact) mass is 135 g/mol. The van der Waals surface area contributed by atoms with E-state index in [1.54, 1.807) is 0 Å². The van der Waals surface area contributed by atoms with Gasteiger partial charge in [0.1, 0.15) is 6.10 Å². The maximum absolute atomic E-state index is 9.60. The fraction of sp³-hybridized carbons (Fsp3) is 1.00. The second-order valence-corrected chi connectivity index (χ2v) is 1.42. The highest BCUT2D eigenvalue weighted by molar-refractivity contribution is 4.54. The zero-order valence-electron chi connectivity index (χ0n) is 4.82. The van der Waals surface area contributed by atoms with E-state index < -0.39 is 11.2 Å². The Kier molecular flexibility index (Phi) is 3.65. The van der Waals surface area contributed by atoms with E-state index in [4.69, 9.17) is 11.5 Å². The van der Waals surface area contributed by atoms with Gasteiger partial charge in [-0.15, -0.1) is 10.1 Å². The van der Waals surface area contributed by atoms with Crippen LogP contribution in [0.25, 0.3) is 0 Å². The van der Waals surface area contributed by atoms with Crippen molar-refractivity contribution in [1.29, 1.82) is 0 Å². The van der Waals surface area contributed by atoms with Crippen LogP contribution in [0.5, 0.6) is 0 Å². The molecule has 4 N–H and O–H groups in total. The maximum Gasteiger partial charge on any atom is 0.294 e. The van der Waals surface area contributed by atoms with E-state index in [9.17, 15) is 10.1 Å². The van der Waals surface area contributed by atoms with E-state index in [2.05, 4.69) is 4.84 Å². The van der Waals surface area contributed by atoms with E-state index in [0.717, 1.165) is 0 Å². The predicted molar refractivity (Wildman–Crippen MR) is 30.0 cm³/mol. The third-order valence-corrected chi connectivity index (χ3v) is 0.761. The van der Waals surface area contributed by atoms with Crippen LogP contribution in [-0.2, 0) is 4.84 Å². The molecular formula is C3H9N3O3. The molecule has 0 aromatic carbocycles. The second kappa shape index (κ2) is 4.04. The quantitative estimate of drug-likeness (QED) is 0.360. The van der Waals surface area contributed by atoms with Crippen LogP contribution in [0.15, 0.2) is 0 Å². The Hall–Kier alpha value is -0.880. The molecule has 0 aliphatic rings. The second-order valence-electron chi connectivity index (χ2n) is 1.42. The molecule has 0 saturated carbocycles. The first-order valence-corrected chi connectivity index (χ1v) is 2.42. The van der Waals surface area contributed by atoms with Crippen molar-refractivity contribution in [1.82, 2.24) is 0 Å². The Morgan fingerprint density at radius 2 is 2.00 bits per heavy atom. The van der Waals surface area contributed by atoms with Gasteiger partial charge in [-0.25, -0.2) is 0 Å². The molecule has 0 atom stereocenters. The van der Waals surface area contributed by atoms with Gasteiger partial charge in [-0.1, -0.05) is 0 Å². The summed E-state index contributed by atoms with van der Waals surface area (Å²) in [6.07, 6.45) is -0.667. The molecule has 0 aliphatic heterocycles. The highest BCUT2D eigenvalue weighted by atomic mass is 17.0. The van der Waals surface area contributed by atoms with E-state index in [1.807, 2.05) is 0 Å². The van der Waals surface area contributed by atoms with Crippen molar-refractivity contribution in [2.45, 2.75) is 6.10 Å². The Morgan fingerprint density at radius 3 is 2.11 bits per heavy atom. The minimum atomic E-state index is -0.898. The highest BCUT2D eigenvalue weighted by Crippen LogP contribution is 1.84. The molecule has 0 aromatic rings. The molecule has 54 valence electrons. The minimum absolute atomic E-state index is 0.0669. The van der Waals surface area contributed by atoms with Gasteiger partial charge in [0, 0.05) is 13.1 Å². The molecule has 0 amide bonds. The average Bonchev–Trinajstić information content (AvgIpc) is 1.82. The van der Waals surface area contributed by atoms with Crippen LogP contribution >= 0.6 is 0 Å². The van der Waals surface area contributed by atoms with Gasteiger partial charge in [0.15, 0.2) is 0 Å². The van der Waals surface area contributed by atoms with E-state index >= 15 is 0 Å². The van der Waals surface area contributed by atoms with Crippen molar-refractivity contribution < 1.29 is 9.92 Å². The maximum atomic E-state index is 9.60. The van der Waals surface area contributed by atoms with Crippen molar-refractivity contribution in [3.63, 3.8) is 0 Å². The zero-order valence-corrected chi connectivity index (χ0v) is 4.82. The lowest BCUT2D eigenvalue weighted by molar-refractivity contribution is -0.767. The summed E-state index contributed by atoms with van der Waals surface area (Å²) in [5.74, 6) is 0. The van der Waals surface area contributed by atoms with Gasteiger partial charge in [0.25, 0.3) is 5.09 Å². The third-order valence-electron chi connectivity index (χ3n) is 0.761. The first kappa shape index (κ1) is 8.12. The van der Waals surface area contributed by atoms with Crippen molar-refractivity contribution in [3.05, 3.63) is 10.1 Å². The van der Waals surface area contributed by atoms with Crippen LogP contribution < -0.4 is 11.5 Å². The summed E-state index contributed by atoms with van der Waals surface area (Å²) in [4.78, 5) is 13.6. The van der Waals surface area contributed by atoms with Gasteiger partial charge in [-0.05, 0) is 0 Å². The molecule has 0 aromatic heterocycles. The van der Waals surface area contributed by atoms with Gasteiger partial charge in [-0.3, -0.25) is 0 Å². The van der Waals surface area contributed by atoms with E-state index in [0.29, 0.717) is 0 Å². The van der Waals surface area contributed by atoms with Gasteiger partial charge >= 0.3 is 0 Å². The Morgan fingerprint density at radius 1 is 1.56 bits per heavy atom. The average molecular weight is 135 g/mol. The topological polar surface area (TPSA) is 104 Å². The fourth-order valence-electron chi connectivity index (χ4n) is 0.304. The molecule has 0 radical (unpaired) electrons. The molecule has 0 heterocycles. The summed E-state index contributed by atoms with van der Waals surface area (Å²) in [6.45, 7) is 0.134. The number of nitrogens with two attached hydrogens (primary N) is 2. The molecule has 0 bridgehead atoms. The van der Waals surface area contributed by atoms with Gasteiger partial charge in [0.05, 0.1) is 0 Å². The molecule has 0 saturated heterocycles. The van der Waals surface area contributed by atoms with Crippen molar-refractivity contribution in [2.24, 2.45) is 11.5 Å². The molecule has 0 rings (SSSR count). The summed E-state index contributed by atoms with van der Waals surface area (Å²) in [7, 11) is 0. The Balaban J connectivity index is 3.43. The smallest absolute Gasteiger partial charge is 0.294 e. The van der Waals surface area contributed by atoms with Crippen molar-refractivity contribution in [3.8, 4) is 0 Å². The van der Waals surface area contributed by atoms with Crippen LogP contribution in [0.1, 0.15) is 0 Å². The van der Waals surface area contributed by atoms with E-state index in [1.165, 1.54) is 0 Å². The largest absolute Gasteiger partial charge is 0.328 e. The van der Waals surface area contributed by atoms with Crippen molar-refractivity contribution in [2.75, 3.05) is 13.1 Å². The first-order chi connectivity index (χ1) is 4.20. The van der Waals surface area contributed by atoms with Gasteiger partial charge < -0.3 is 16.3 Å². The summed E-state index contributed by atoms with van der Waals surface area (Å²) in [5, 5.41) is 8.70. The fourth-order valence-corrected chi connectivity index (χ4v) is 0.304. The Labute approximate surface area is 51.9 Å². The van der Waals surface area contributed by atoms with Gasteiger partial charge in [-0.2, -0.15) is 0 Å². The van der Waals surface area contributed by atoms with Crippen LogP contribution in [0.2, 0.25) is 0 Å². The number of hydrogen-bond acceptors (Lipinski definition) is 5. The summed E-state index contributed by atoms with van der Waals surface area (Å²) >= 11 is 0. The lowest BCUT2D eigenvalue weighted by atomic mass is 10.4. The standard InChI is InChI=1S/C3H9N3O3/c4-1-3(2-5)9-6(7)8/h3H,1-2,4-5H2. The number of nitrogens with zero attached hydrogens (tertiary/aromatic N) is 1. The molecule has 0 fully saturated rings.